The van der Waals surface area contributed by atoms with E-state index in [2.05, 4.69) is 27.9 Å². The topological polar surface area (TPSA) is 12.0 Å². The van der Waals surface area contributed by atoms with Gasteiger partial charge in [-0.25, -0.2) is 4.39 Å². The predicted octanol–water partition coefficient (Wildman–Crippen LogP) is 2.85. The number of nitrogens with one attached hydrogen (secondary N) is 1. The van der Waals surface area contributed by atoms with Crippen LogP contribution in [0.5, 0.6) is 0 Å². The monoisotopic (exact) mass is 291 g/mol. The van der Waals surface area contributed by atoms with Gasteiger partial charge in [0.25, 0.3) is 0 Å². The lowest BCUT2D eigenvalue weighted by Gasteiger charge is -2.10. The predicted molar refractivity (Wildman–Crippen MR) is 59.1 cm³/mol. The van der Waals surface area contributed by atoms with Crippen LogP contribution < -0.4 is 5.32 Å². The molecule has 1 N–H and O–H groups in total. The molecule has 0 unspecified atom stereocenters. The SMILES string of the molecule is Fc1cc(I)cc([C@H]2CCCN2)c1. The summed E-state index contributed by atoms with van der Waals surface area (Å²) in [6.07, 6.45) is 2.32. The first kappa shape index (κ1) is 9.40. The minimum atomic E-state index is -0.129. The van der Waals surface area contributed by atoms with Gasteiger partial charge in [-0.15, -0.1) is 0 Å². The Morgan fingerprint density at radius 2 is 2.23 bits per heavy atom. The highest BCUT2D eigenvalue weighted by Gasteiger charge is 2.16. The fourth-order valence-electron chi connectivity index (χ4n) is 1.75. The van der Waals surface area contributed by atoms with Crippen LogP contribution in [-0.4, -0.2) is 6.54 Å². The van der Waals surface area contributed by atoms with Crippen molar-refractivity contribution in [1.29, 1.82) is 0 Å². The van der Waals surface area contributed by atoms with Gasteiger partial charge < -0.3 is 5.32 Å². The Morgan fingerprint density at radius 3 is 2.85 bits per heavy atom. The van der Waals surface area contributed by atoms with E-state index in [0.29, 0.717) is 6.04 Å². The van der Waals surface area contributed by atoms with Crippen molar-refractivity contribution >= 4 is 22.6 Å². The molecule has 1 aromatic carbocycles. The molecule has 1 atom stereocenters. The molecule has 1 heterocycles. The molecule has 1 aliphatic heterocycles. The van der Waals surface area contributed by atoms with Crippen LogP contribution in [0.25, 0.3) is 0 Å². The molecule has 2 rings (SSSR count). The number of hydrogen-bond donors (Lipinski definition) is 1. The van der Waals surface area contributed by atoms with E-state index in [0.717, 1.165) is 22.1 Å². The normalized spacial score (nSPS) is 22.2. The summed E-state index contributed by atoms with van der Waals surface area (Å²) < 4.78 is 14.0. The number of rotatable bonds is 1. The van der Waals surface area contributed by atoms with Crippen molar-refractivity contribution in [3.8, 4) is 0 Å². The Labute approximate surface area is 90.9 Å². The van der Waals surface area contributed by atoms with Gasteiger partial charge in [-0.2, -0.15) is 0 Å². The Kier molecular flexibility index (Phi) is 2.83. The lowest BCUT2D eigenvalue weighted by Crippen LogP contribution is -2.13. The Bertz CT molecular complexity index is 288. The first-order valence-corrected chi connectivity index (χ1v) is 5.53. The largest absolute Gasteiger partial charge is 0.310 e. The van der Waals surface area contributed by atoms with Gasteiger partial charge in [-0.1, -0.05) is 0 Å². The lowest BCUT2D eigenvalue weighted by atomic mass is 10.1. The molecule has 0 bridgehead atoms. The maximum Gasteiger partial charge on any atom is 0.124 e. The summed E-state index contributed by atoms with van der Waals surface area (Å²) >= 11 is 2.15. The summed E-state index contributed by atoms with van der Waals surface area (Å²) in [5.74, 6) is -0.129. The third-order valence-corrected chi connectivity index (χ3v) is 2.97. The molecular weight excluding hydrogens is 280 g/mol. The molecule has 0 spiro atoms. The van der Waals surface area contributed by atoms with E-state index in [1.807, 2.05) is 6.07 Å². The van der Waals surface area contributed by atoms with E-state index >= 15 is 0 Å². The molecular formula is C10H11FIN. The van der Waals surface area contributed by atoms with Gasteiger partial charge in [0.2, 0.25) is 0 Å². The molecule has 1 aliphatic rings. The lowest BCUT2D eigenvalue weighted by molar-refractivity contribution is 0.605. The van der Waals surface area contributed by atoms with E-state index in [1.54, 1.807) is 12.1 Å². The van der Waals surface area contributed by atoms with Crippen molar-refractivity contribution in [1.82, 2.24) is 5.32 Å². The molecule has 13 heavy (non-hydrogen) atoms. The molecule has 1 nitrogen and oxygen atoms in total. The van der Waals surface area contributed by atoms with E-state index in [1.165, 1.54) is 6.42 Å². The van der Waals surface area contributed by atoms with Gasteiger partial charge in [-0.05, 0) is 65.7 Å². The third kappa shape index (κ3) is 2.20. The van der Waals surface area contributed by atoms with Gasteiger partial charge >= 0.3 is 0 Å². The average Bonchev–Trinajstić information content (AvgIpc) is 2.53. The Morgan fingerprint density at radius 1 is 1.38 bits per heavy atom. The first-order chi connectivity index (χ1) is 6.25. The smallest absolute Gasteiger partial charge is 0.124 e. The highest BCUT2D eigenvalue weighted by molar-refractivity contribution is 14.1. The maximum absolute atomic E-state index is 13.0. The molecule has 0 radical (unpaired) electrons. The van der Waals surface area contributed by atoms with Gasteiger partial charge in [0.05, 0.1) is 0 Å². The number of benzene rings is 1. The molecule has 3 heteroatoms. The van der Waals surface area contributed by atoms with Crippen molar-refractivity contribution in [3.63, 3.8) is 0 Å². The van der Waals surface area contributed by atoms with Crippen LogP contribution in [0.15, 0.2) is 18.2 Å². The van der Waals surface area contributed by atoms with Gasteiger partial charge in [0.15, 0.2) is 0 Å². The van der Waals surface area contributed by atoms with Crippen LogP contribution in [-0.2, 0) is 0 Å². The quantitative estimate of drug-likeness (QED) is 0.785. The Balaban J connectivity index is 2.28. The summed E-state index contributed by atoms with van der Waals surface area (Å²) in [6.45, 7) is 1.05. The van der Waals surface area contributed by atoms with Crippen LogP contribution in [0, 0.1) is 9.39 Å². The van der Waals surface area contributed by atoms with Crippen LogP contribution >= 0.6 is 22.6 Å². The van der Waals surface area contributed by atoms with E-state index < -0.39 is 0 Å². The van der Waals surface area contributed by atoms with Crippen LogP contribution in [0.3, 0.4) is 0 Å². The van der Waals surface area contributed by atoms with Crippen molar-refractivity contribution in [3.05, 3.63) is 33.1 Å². The van der Waals surface area contributed by atoms with E-state index in [-0.39, 0.29) is 5.82 Å². The molecule has 1 aromatic rings. The van der Waals surface area contributed by atoms with E-state index in [4.69, 9.17) is 0 Å². The van der Waals surface area contributed by atoms with Gasteiger partial charge in [-0.3, -0.25) is 0 Å². The number of hydrogen-bond acceptors (Lipinski definition) is 1. The fraction of sp³-hybridized carbons (Fsp3) is 0.400. The second kappa shape index (κ2) is 3.92. The Hall–Kier alpha value is -0.160. The van der Waals surface area contributed by atoms with Crippen LogP contribution in [0.1, 0.15) is 24.4 Å². The maximum atomic E-state index is 13.0. The highest BCUT2D eigenvalue weighted by Crippen LogP contribution is 2.24. The first-order valence-electron chi connectivity index (χ1n) is 4.45. The zero-order chi connectivity index (χ0) is 9.26. The fourth-order valence-corrected chi connectivity index (χ4v) is 2.40. The minimum Gasteiger partial charge on any atom is -0.310 e. The van der Waals surface area contributed by atoms with Crippen molar-refractivity contribution in [2.45, 2.75) is 18.9 Å². The summed E-state index contributed by atoms with van der Waals surface area (Å²) in [5.41, 5.74) is 1.09. The summed E-state index contributed by atoms with van der Waals surface area (Å²) in [4.78, 5) is 0. The molecule has 0 amide bonds. The van der Waals surface area contributed by atoms with Gasteiger partial charge in [0, 0.05) is 9.61 Å². The van der Waals surface area contributed by atoms with Crippen molar-refractivity contribution in [2.75, 3.05) is 6.54 Å². The minimum absolute atomic E-state index is 0.129. The molecule has 0 aliphatic carbocycles. The second-order valence-electron chi connectivity index (χ2n) is 3.35. The van der Waals surface area contributed by atoms with Crippen LogP contribution in [0.4, 0.5) is 4.39 Å². The highest BCUT2D eigenvalue weighted by atomic mass is 127. The molecule has 1 fully saturated rings. The van der Waals surface area contributed by atoms with Gasteiger partial charge in [0.1, 0.15) is 5.82 Å². The summed E-state index contributed by atoms with van der Waals surface area (Å²) in [5, 5.41) is 3.36. The standard InChI is InChI=1S/C10H11FIN/c11-8-4-7(5-9(12)6-8)10-2-1-3-13-10/h4-6,10,13H,1-3H2/t10-/m1/s1. The molecule has 70 valence electrons. The average molecular weight is 291 g/mol. The zero-order valence-corrected chi connectivity index (χ0v) is 9.34. The zero-order valence-electron chi connectivity index (χ0n) is 7.19. The molecule has 0 saturated carbocycles. The van der Waals surface area contributed by atoms with E-state index in [9.17, 15) is 4.39 Å². The van der Waals surface area contributed by atoms with Crippen molar-refractivity contribution < 1.29 is 4.39 Å². The summed E-state index contributed by atoms with van der Waals surface area (Å²) in [7, 11) is 0. The summed E-state index contributed by atoms with van der Waals surface area (Å²) in [6, 6.07) is 5.60. The van der Waals surface area contributed by atoms with Crippen molar-refractivity contribution in [2.24, 2.45) is 0 Å². The molecule has 1 saturated heterocycles. The number of halogens is 2. The second-order valence-corrected chi connectivity index (χ2v) is 4.60. The van der Waals surface area contributed by atoms with Crippen LogP contribution in [0.2, 0.25) is 0 Å². The third-order valence-electron chi connectivity index (χ3n) is 2.35. The molecule has 0 aromatic heterocycles.